The van der Waals surface area contributed by atoms with Crippen molar-refractivity contribution < 1.29 is 14.4 Å². The number of rotatable bonds is 9. The van der Waals surface area contributed by atoms with E-state index in [1.54, 1.807) is 25.3 Å². The number of hydrogen-bond acceptors (Lipinski definition) is 5. The van der Waals surface area contributed by atoms with Crippen molar-refractivity contribution in [2.24, 2.45) is 0 Å². The molecule has 0 N–H and O–H groups in total. The number of hydrogen-bond donors (Lipinski definition) is 0. The summed E-state index contributed by atoms with van der Waals surface area (Å²) in [6, 6.07) is 20.0. The molecule has 33 heavy (non-hydrogen) atoms. The molecule has 0 aromatic heterocycles. The Morgan fingerprint density at radius 3 is 2.42 bits per heavy atom. The Morgan fingerprint density at radius 1 is 1.15 bits per heavy atom. The van der Waals surface area contributed by atoms with Crippen LogP contribution < -0.4 is 9.47 Å². The maximum atomic E-state index is 10.9. The zero-order chi connectivity index (χ0) is 23.8. The molecule has 0 aliphatic heterocycles. The summed E-state index contributed by atoms with van der Waals surface area (Å²) in [6.45, 7) is 6.06. The highest BCUT2D eigenvalue weighted by Gasteiger charge is 2.14. The first-order valence-corrected chi connectivity index (χ1v) is 10.3. The lowest BCUT2D eigenvalue weighted by atomic mass is 10.00. The van der Waals surface area contributed by atoms with E-state index in [0.717, 1.165) is 27.8 Å². The Labute approximate surface area is 193 Å². The van der Waals surface area contributed by atoms with Crippen molar-refractivity contribution in [2.45, 2.75) is 20.0 Å². The quantitative estimate of drug-likeness (QED) is 0.128. The number of methoxy groups -OCH3 is 1. The summed E-state index contributed by atoms with van der Waals surface area (Å²) in [6.07, 6.45) is 4.13. The minimum Gasteiger partial charge on any atom is -0.493 e. The monoisotopic (exact) mass is 440 g/mol. The molecule has 166 valence electrons. The van der Waals surface area contributed by atoms with Crippen molar-refractivity contribution in [1.82, 2.24) is 0 Å². The average Bonchev–Trinajstić information content (AvgIpc) is 2.82. The molecule has 0 aliphatic carbocycles. The predicted octanol–water partition coefficient (Wildman–Crippen LogP) is 6.28. The summed E-state index contributed by atoms with van der Waals surface area (Å²) in [4.78, 5) is 10.4. The van der Waals surface area contributed by atoms with Crippen LogP contribution in [0, 0.1) is 28.4 Å². The molecule has 0 fully saturated rings. The van der Waals surface area contributed by atoms with Gasteiger partial charge in [0.05, 0.1) is 23.7 Å². The van der Waals surface area contributed by atoms with E-state index in [1.165, 1.54) is 12.1 Å². The lowest BCUT2D eigenvalue weighted by Gasteiger charge is -2.16. The average molecular weight is 440 g/mol. The lowest BCUT2D eigenvalue weighted by Crippen LogP contribution is -2.02. The van der Waals surface area contributed by atoms with Crippen molar-refractivity contribution in [2.75, 3.05) is 7.11 Å². The van der Waals surface area contributed by atoms with Gasteiger partial charge in [0.2, 0.25) is 0 Å². The molecular weight excluding hydrogens is 416 g/mol. The minimum atomic E-state index is -0.436. The van der Waals surface area contributed by atoms with Gasteiger partial charge in [-0.1, -0.05) is 35.9 Å². The van der Waals surface area contributed by atoms with Crippen LogP contribution in [0.1, 0.15) is 27.8 Å². The van der Waals surface area contributed by atoms with E-state index < -0.39 is 4.92 Å². The summed E-state index contributed by atoms with van der Waals surface area (Å²) in [5, 5.41) is 20.5. The van der Waals surface area contributed by atoms with E-state index in [2.05, 4.69) is 12.6 Å². The van der Waals surface area contributed by atoms with E-state index >= 15 is 0 Å². The van der Waals surface area contributed by atoms with Gasteiger partial charge in [0.1, 0.15) is 6.61 Å². The van der Waals surface area contributed by atoms with E-state index in [9.17, 15) is 15.4 Å². The topological polar surface area (TPSA) is 85.4 Å². The molecule has 3 aromatic rings. The second-order valence-corrected chi connectivity index (χ2v) is 7.45. The van der Waals surface area contributed by atoms with Crippen LogP contribution in [0.2, 0.25) is 0 Å². The largest absolute Gasteiger partial charge is 0.493 e. The molecule has 0 heterocycles. The molecule has 6 nitrogen and oxygen atoms in total. The third-order valence-electron chi connectivity index (χ3n) is 5.06. The highest BCUT2D eigenvalue weighted by atomic mass is 16.6. The highest BCUT2D eigenvalue weighted by molar-refractivity contribution is 5.90. The number of nitro groups is 1. The fraction of sp³-hybridized carbons (Fsp3) is 0.148. The number of nitriles is 1. The van der Waals surface area contributed by atoms with Crippen LogP contribution in [-0.2, 0) is 13.0 Å². The summed E-state index contributed by atoms with van der Waals surface area (Å²) in [5.41, 5.74) is 5.00. The maximum absolute atomic E-state index is 10.9. The summed E-state index contributed by atoms with van der Waals surface area (Å²) >= 11 is 0. The van der Waals surface area contributed by atoms with Crippen LogP contribution in [0.3, 0.4) is 0 Å². The Kier molecular flexibility index (Phi) is 7.61. The van der Waals surface area contributed by atoms with Gasteiger partial charge in [0.25, 0.3) is 5.69 Å². The van der Waals surface area contributed by atoms with Crippen LogP contribution in [0.25, 0.3) is 11.6 Å². The van der Waals surface area contributed by atoms with Gasteiger partial charge in [-0.05, 0) is 60.4 Å². The number of aryl methyl sites for hydroxylation is 1. The first-order chi connectivity index (χ1) is 15.9. The molecule has 0 bridgehead atoms. The van der Waals surface area contributed by atoms with Crippen molar-refractivity contribution in [3.8, 4) is 17.6 Å². The number of ether oxygens (including phenoxy) is 2. The molecule has 0 radical (unpaired) electrons. The zero-order valence-corrected chi connectivity index (χ0v) is 18.6. The summed E-state index contributed by atoms with van der Waals surface area (Å²) in [5.74, 6) is 1.10. The second-order valence-electron chi connectivity index (χ2n) is 7.45. The molecule has 3 aromatic carbocycles. The molecule has 6 heteroatoms. The van der Waals surface area contributed by atoms with Gasteiger partial charge in [0, 0.05) is 17.7 Å². The van der Waals surface area contributed by atoms with Crippen LogP contribution in [0.4, 0.5) is 5.69 Å². The van der Waals surface area contributed by atoms with Crippen molar-refractivity contribution in [3.63, 3.8) is 0 Å². The third kappa shape index (κ3) is 5.86. The first-order valence-electron chi connectivity index (χ1n) is 10.3. The lowest BCUT2D eigenvalue weighted by molar-refractivity contribution is -0.384. The van der Waals surface area contributed by atoms with Gasteiger partial charge < -0.3 is 9.47 Å². The Hall–Kier alpha value is -4.37. The van der Waals surface area contributed by atoms with Crippen molar-refractivity contribution >= 4 is 17.3 Å². The number of benzene rings is 3. The smallest absolute Gasteiger partial charge is 0.269 e. The summed E-state index contributed by atoms with van der Waals surface area (Å²) < 4.78 is 11.6. The molecule has 3 rings (SSSR count). The Bertz CT molecular complexity index is 1220. The molecular formula is C27H24N2O4. The van der Waals surface area contributed by atoms with Gasteiger partial charge in [-0.15, -0.1) is 6.58 Å². The predicted molar refractivity (Wildman–Crippen MR) is 129 cm³/mol. The van der Waals surface area contributed by atoms with Gasteiger partial charge in [0.15, 0.2) is 11.5 Å². The molecule has 0 aliphatic rings. The SMILES string of the molecule is C=CCc1cc(/C=C(/C#N)c2ccc(C)cc2)cc(OC)c1OCc1ccc([N+](=O)[O-])cc1. The molecule has 0 saturated heterocycles. The molecule has 0 amide bonds. The van der Waals surface area contributed by atoms with Crippen molar-refractivity contribution in [3.05, 3.63) is 111 Å². The highest BCUT2D eigenvalue weighted by Crippen LogP contribution is 2.35. The maximum Gasteiger partial charge on any atom is 0.269 e. The third-order valence-corrected chi connectivity index (χ3v) is 5.06. The van der Waals surface area contributed by atoms with Crippen LogP contribution in [0.15, 0.2) is 73.3 Å². The van der Waals surface area contributed by atoms with Gasteiger partial charge in [-0.25, -0.2) is 0 Å². The fourth-order valence-electron chi connectivity index (χ4n) is 3.34. The van der Waals surface area contributed by atoms with Gasteiger partial charge >= 0.3 is 0 Å². The number of non-ortho nitro benzene ring substituents is 1. The zero-order valence-electron chi connectivity index (χ0n) is 18.6. The van der Waals surface area contributed by atoms with E-state index in [0.29, 0.717) is 23.5 Å². The molecule has 0 saturated carbocycles. The Morgan fingerprint density at radius 2 is 1.85 bits per heavy atom. The molecule has 0 spiro atoms. The second kappa shape index (κ2) is 10.8. The van der Waals surface area contributed by atoms with E-state index in [-0.39, 0.29) is 12.3 Å². The normalized spacial score (nSPS) is 10.9. The summed E-state index contributed by atoms with van der Waals surface area (Å²) in [7, 11) is 1.56. The van der Waals surface area contributed by atoms with E-state index in [1.807, 2.05) is 49.4 Å². The van der Waals surface area contributed by atoms with Crippen LogP contribution in [-0.4, -0.2) is 12.0 Å². The molecule has 0 unspecified atom stereocenters. The van der Waals surface area contributed by atoms with Crippen LogP contribution in [0.5, 0.6) is 11.5 Å². The van der Waals surface area contributed by atoms with Gasteiger partial charge in [-0.3, -0.25) is 10.1 Å². The minimum absolute atomic E-state index is 0.0293. The van der Waals surface area contributed by atoms with Gasteiger partial charge in [-0.2, -0.15) is 5.26 Å². The van der Waals surface area contributed by atoms with E-state index in [4.69, 9.17) is 9.47 Å². The first kappa shape index (κ1) is 23.3. The standard InChI is InChI=1S/C27H24N2O4/c1-4-5-23-14-21(15-24(17-28)22-10-6-19(2)7-11-22)16-26(32-3)27(23)33-18-20-8-12-25(13-9-20)29(30)31/h4,6-16H,1,5,18H2,2-3H3/b24-15-. The van der Waals surface area contributed by atoms with Crippen LogP contribution >= 0.6 is 0 Å². The van der Waals surface area contributed by atoms with Crippen molar-refractivity contribution in [1.29, 1.82) is 5.26 Å². The number of nitro benzene ring substituents is 1. The number of nitrogens with zero attached hydrogens (tertiary/aromatic N) is 2. The fourth-order valence-corrected chi connectivity index (χ4v) is 3.34. The number of allylic oxidation sites excluding steroid dienone is 2. The Balaban J connectivity index is 1.93. The molecule has 0 atom stereocenters.